The molecule has 0 amide bonds. The van der Waals surface area contributed by atoms with E-state index in [0.717, 1.165) is 18.8 Å². The van der Waals surface area contributed by atoms with Crippen LogP contribution in [0.5, 0.6) is 0 Å². The van der Waals surface area contributed by atoms with Crippen molar-refractivity contribution in [3.63, 3.8) is 0 Å². The molecule has 2 heterocycles. The van der Waals surface area contributed by atoms with E-state index in [1.54, 1.807) is 12.3 Å². The van der Waals surface area contributed by atoms with Gasteiger partial charge in [0.2, 0.25) is 5.95 Å². The van der Waals surface area contributed by atoms with Crippen molar-refractivity contribution >= 4 is 34.5 Å². The first-order valence-electron chi connectivity index (χ1n) is 6.37. The Balaban J connectivity index is 2.05. The molecule has 20 heavy (non-hydrogen) atoms. The molecule has 3 rings (SSSR count). The lowest BCUT2D eigenvalue weighted by atomic mass is 10.2. The second-order valence-electron chi connectivity index (χ2n) is 4.67. The van der Waals surface area contributed by atoms with Crippen LogP contribution < -0.4 is 15.5 Å². The minimum Gasteiger partial charge on any atom is -0.388 e. The summed E-state index contributed by atoms with van der Waals surface area (Å²) in [6.07, 6.45) is 1.69. The topological polar surface area (TPSA) is 58.3 Å². The van der Waals surface area contributed by atoms with Gasteiger partial charge in [0.05, 0.1) is 11.4 Å². The maximum atomic E-state index is 5.64. The molecular formula is C14H15N5S. The summed E-state index contributed by atoms with van der Waals surface area (Å²) < 4.78 is 0. The zero-order valence-corrected chi connectivity index (χ0v) is 12.0. The van der Waals surface area contributed by atoms with Crippen molar-refractivity contribution in [2.75, 3.05) is 29.9 Å². The third kappa shape index (κ3) is 2.18. The SMILES string of the molecule is CN1CCN(c2nccc(C(N)=S)n2)c2ccccc21. The van der Waals surface area contributed by atoms with E-state index in [-0.39, 0.29) is 4.99 Å². The molecule has 0 atom stereocenters. The fraction of sp³-hybridized carbons (Fsp3) is 0.214. The molecule has 0 radical (unpaired) electrons. The number of benzene rings is 1. The lowest BCUT2D eigenvalue weighted by molar-refractivity contribution is 0.801. The van der Waals surface area contributed by atoms with Gasteiger partial charge in [0, 0.05) is 26.3 Å². The van der Waals surface area contributed by atoms with Gasteiger partial charge in [-0.3, -0.25) is 0 Å². The maximum Gasteiger partial charge on any atom is 0.230 e. The molecule has 5 nitrogen and oxygen atoms in total. The molecule has 0 unspecified atom stereocenters. The number of fused-ring (bicyclic) bond motifs is 1. The van der Waals surface area contributed by atoms with E-state index in [2.05, 4.69) is 38.9 Å². The summed E-state index contributed by atoms with van der Waals surface area (Å²) in [5.41, 5.74) is 8.51. The van der Waals surface area contributed by atoms with Crippen molar-refractivity contribution in [2.45, 2.75) is 0 Å². The molecule has 102 valence electrons. The molecule has 1 aliphatic heterocycles. The van der Waals surface area contributed by atoms with Gasteiger partial charge < -0.3 is 15.5 Å². The molecule has 1 aliphatic rings. The van der Waals surface area contributed by atoms with Crippen LogP contribution >= 0.6 is 12.2 Å². The number of anilines is 3. The highest BCUT2D eigenvalue weighted by atomic mass is 32.1. The quantitative estimate of drug-likeness (QED) is 0.848. The summed E-state index contributed by atoms with van der Waals surface area (Å²) in [5.74, 6) is 0.635. The van der Waals surface area contributed by atoms with Crippen LogP contribution in [0.3, 0.4) is 0 Å². The molecular weight excluding hydrogens is 270 g/mol. The summed E-state index contributed by atoms with van der Waals surface area (Å²) in [6, 6.07) is 9.95. The first kappa shape index (κ1) is 12.8. The van der Waals surface area contributed by atoms with Crippen LogP contribution in [0.1, 0.15) is 5.69 Å². The Labute approximate surface area is 123 Å². The molecule has 1 aromatic heterocycles. The number of hydrogen-bond acceptors (Lipinski definition) is 5. The minimum atomic E-state index is 0.288. The van der Waals surface area contributed by atoms with Crippen LogP contribution in [0.4, 0.5) is 17.3 Å². The number of nitrogens with zero attached hydrogens (tertiary/aromatic N) is 4. The van der Waals surface area contributed by atoms with Crippen molar-refractivity contribution in [1.82, 2.24) is 9.97 Å². The second kappa shape index (κ2) is 5.05. The molecule has 6 heteroatoms. The highest BCUT2D eigenvalue weighted by Gasteiger charge is 2.22. The van der Waals surface area contributed by atoms with Gasteiger partial charge in [0.15, 0.2) is 0 Å². The minimum absolute atomic E-state index is 0.288. The van der Waals surface area contributed by atoms with Crippen LogP contribution in [0.2, 0.25) is 0 Å². The predicted octanol–water partition coefficient (Wildman–Crippen LogP) is 1.70. The largest absolute Gasteiger partial charge is 0.388 e. The van der Waals surface area contributed by atoms with Gasteiger partial charge in [-0.1, -0.05) is 24.4 Å². The average molecular weight is 285 g/mol. The Morgan fingerprint density at radius 2 is 1.95 bits per heavy atom. The zero-order valence-electron chi connectivity index (χ0n) is 11.2. The summed E-state index contributed by atoms with van der Waals surface area (Å²) in [6.45, 7) is 1.74. The third-order valence-corrected chi connectivity index (χ3v) is 3.59. The van der Waals surface area contributed by atoms with E-state index in [9.17, 15) is 0 Å². The lowest BCUT2D eigenvalue weighted by Crippen LogP contribution is -2.37. The number of hydrogen-bond donors (Lipinski definition) is 1. The second-order valence-corrected chi connectivity index (χ2v) is 5.11. The number of aromatic nitrogens is 2. The molecule has 0 saturated heterocycles. The van der Waals surface area contributed by atoms with E-state index in [1.165, 1.54) is 5.69 Å². The highest BCUT2D eigenvalue weighted by molar-refractivity contribution is 7.80. The standard InChI is InChI=1S/C14H15N5S/c1-18-8-9-19(12-5-3-2-4-11(12)18)14-16-7-6-10(17-14)13(15)20/h2-7H,8-9H2,1H3,(H2,15,20). The van der Waals surface area contributed by atoms with Gasteiger partial charge in [0.1, 0.15) is 10.7 Å². The summed E-state index contributed by atoms with van der Waals surface area (Å²) in [7, 11) is 2.09. The third-order valence-electron chi connectivity index (χ3n) is 3.38. The first-order valence-corrected chi connectivity index (χ1v) is 6.78. The normalized spacial score (nSPS) is 14.1. The Kier molecular flexibility index (Phi) is 3.23. The van der Waals surface area contributed by atoms with Crippen molar-refractivity contribution in [1.29, 1.82) is 0 Å². The van der Waals surface area contributed by atoms with E-state index >= 15 is 0 Å². The van der Waals surface area contributed by atoms with Gasteiger partial charge >= 0.3 is 0 Å². The molecule has 2 aromatic rings. The first-order chi connectivity index (χ1) is 9.66. The van der Waals surface area contributed by atoms with Gasteiger partial charge in [-0.2, -0.15) is 0 Å². The molecule has 0 aliphatic carbocycles. The molecule has 1 aromatic carbocycles. The molecule has 0 bridgehead atoms. The van der Waals surface area contributed by atoms with Gasteiger partial charge in [-0.25, -0.2) is 9.97 Å². The summed E-state index contributed by atoms with van der Waals surface area (Å²) >= 11 is 4.98. The van der Waals surface area contributed by atoms with E-state index < -0.39 is 0 Å². The van der Waals surface area contributed by atoms with E-state index in [4.69, 9.17) is 18.0 Å². The van der Waals surface area contributed by atoms with Gasteiger partial charge in [0.25, 0.3) is 0 Å². The van der Waals surface area contributed by atoms with Gasteiger partial charge in [-0.15, -0.1) is 0 Å². The fourth-order valence-electron chi connectivity index (χ4n) is 2.33. The Morgan fingerprint density at radius 1 is 1.20 bits per heavy atom. The molecule has 0 fully saturated rings. The van der Waals surface area contributed by atoms with Crippen molar-refractivity contribution in [3.05, 3.63) is 42.2 Å². The Morgan fingerprint density at radius 3 is 2.70 bits per heavy atom. The van der Waals surface area contributed by atoms with Crippen molar-refractivity contribution < 1.29 is 0 Å². The Hall–Kier alpha value is -2.21. The lowest BCUT2D eigenvalue weighted by Gasteiger charge is -2.35. The van der Waals surface area contributed by atoms with Crippen LogP contribution in [0.25, 0.3) is 0 Å². The van der Waals surface area contributed by atoms with Crippen LogP contribution in [-0.4, -0.2) is 35.1 Å². The smallest absolute Gasteiger partial charge is 0.230 e. The Bertz CT molecular complexity index is 658. The number of rotatable bonds is 2. The van der Waals surface area contributed by atoms with Crippen molar-refractivity contribution in [2.24, 2.45) is 5.73 Å². The van der Waals surface area contributed by atoms with Crippen LogP contribution in [0.15, 0.2) is 36.5 Å². The molecule has 2 N–H and O–H groups in total. The highest BCUT2D eigenvalue weighted by Crippen LogP contribution is 2.35. The summed E-state index contributed by atoms with van der Waals surface area (Å²) in [5, 5.41) is 0. The van der Waals surface area contributed by atoms with E-state index in [1.807, 2.05) is 12.1 Å². The molecule has 0 spiro atoms. The number of thiocarbonyl (C=S) groups is 1. The number of likely N-dealkylation sites (N-methyl/N-ethyl adjacent to an activating group) is 1. The van der Waals surface area contributed by atoms with Crippen LogP contribution in [-0.2, 0) is 0 Å². The number of para-hydroxylation sites is 2. The fourth-order valence-corrected chi connectivity index (χ4v) is 2.44. The van der Waals surface area contributed by atoms with E-state index in [0.29, 0.717) is 11.6 Å². The molecule has 0 saturated carbocycles. The monoisotopic (exact) mass is 285 g/mol. The van der Waals surface area contributed by atoms with Gasteiger partial charge in [-0.05, 0) is 18.2 Å². The van der Waals surface area contributed by atoms with Crippen LogP contribution in [0, 0.1) is 0 Å². The van der Waals surface area contributed by atoms with Crippen molar-refractivity contribution in [3.8, 4) is 0 Å². The summed E-state index contributed by atoms with van der Waals surface area (Å²) in [4.78, 5) is 13.4. The maximum absolute atomic E-state index is 5.64. The average Bonchev–Trinajstić information content (AvgIpc) is 2.48. The predicted molar refractivity (Wildman–Crippen MR) is 84.6 cm³/mol. The zero-order chi connectivity index (χ0) is 14.1. The number of nitrogens with two attached hydrogens (primary N) is 1.